The zero-order chi connectivity index (χ0) is 18.7. The van der Waals surface area contributed by atoms with Crippen molar-refractivity contribution in [2.24, 2.45) is 0 Å². The van der Waals surface area contributed by atoms with Crippen LogP contribution in [-0.4, -0.2) is 47.8 Å². The molecule has 1 N–H and O–H groups in total. The van der Waals surface area contributed by atoms with Gasteiger partial charge in [0.25, 0.3) is 0 Å². The first kappa shape index (κ1) is 19.8. The smallest absolute Gasteiger partial charge is 0.244 e. The number of carbonyl (C=O) groups excluding carboxylic acids is 1. The molecule has 1 aliphatic heterocycles. The summed E-state index contributed by atoms with van der Waals surface area (Å²) in [5.41, 5.74) is 0.938. The Morgan fingerprint density at radius 2 is 2.12 bits per heavy atom. The van der Waals surface area contributed by atoms with E-state index in [-0.39, 0.29) is 16.7 Å². The zero-order valence-electron chi connectivity index (χ0n) is 14.0. The third kappa shape index (κ3) is 4.48. The number of halogens is 1. The molecule has 1 amide bonds. The third-order valence-corrected chi connectivity index (χ3v) is 8.31. The molecule has 26 heavy (non-hydrogen) atoms. The molecule has 0 unspecified atom stereocenters. The van der Waals surface area contributed by atoms with Crippen LogP contribution < -0.4 is 5.32 Å². The van der Waals surface area contributed by atoms with Crippen LogP contribution in [0.1, 0.15) is 10.7 Å². The number of thioether (sulfide) groups is 1. The maximum absolute atomic E-state index is 12.9. The van der Waals surface area contributed by atoms with Crippen LogP contribution in [0, 0.1) is 6.92 Å². The van der Waals surface area contributed by atoms with Gasteiger partial charge >= 0.3 is 0 Å². The maximum atomic E-state index is 12.9. The number of amides is 1. The second-order valence-electron chi connectivity index (χ2n) is 5.76. The first-order valence-electron chi connectivity index (χ1n) is 7.92. The SMILES string of the molecule is Cc1nc(CCNC(=O)[C@H]2CSCN2S(=O)(=O)c2ccc(Br)cc2)cs1. The van der Waals surface area contributed by atoms with Gasteiger partial charge in [0.1, 0.15) is 6.04 Å². The fourth-order valence-electron chi connectivity index (χ4n) is 2.57. The van der Waals surface area contributed by atoms with E-state index in [1.54, 1.807) is 35.6 Å². The molecule has 1 fully saturated rings. The minimum Gasteiger partial charge on any atom is -0.354 e. The van der Waals surface area contributed by atoms with Gasteiger partial charge in [0.05, 0.1) is 21.5 Å². The lowest BCUT2D eigenvalue weighted by molar-refractivity contribution is -0.123. The number of sulfonamides is 1. The van der Waals surface area contributed by atoms with E-state index in [1.807, 2.05) is 12.3 Å². The lowest BCUT2D eigenvalue weighted by Gasteiger charge is -2.22. The topological polar surface area (TPSA) is 79.4 Å². The standard InChI is InChI=1S/C16H18BrN3O3S3/c1-11-19-13(8-25-11)6-7-18-16(21)15-9-24-10-20(15)26(22,23)14-4-2-12(17)3-5-14/h2-5,8,15H,6-7,9-10H2,1H3,(H,18,21)/t15-/m1/s1. The highest BCUT2D eigenvalue weighted by Crippen LogP contribution is 2.29. The first-order valence-corrected chi connectivity index (χ1v) is 12.2. The minimum absolute atomic E-state index is 0.193. The van der Waals surface area contributed by atoms with E-state index in [1.165, 1.54) is 16.1 Å². The molecular weight excluding hydrogens is 458 g/mol. The fraction of sp³-hybridized carbons (Fsp3) is 0.375. The van der Waals surface area contributed by atoms with Gasteiger partial charge in [0.15, 0.2) is 0 Å². The van der Waals surface area contributed by atoms with Crippen molar-refractivity contribution >= 4 is 55.0 Å². The van der Waals surface area contributed by atoms with Gasteiger partial charge in [0.2, 0.25) is 15.9 Å². The molecule has 0 radical (unpaired) electrons. The lowest BCUT2D eigenvalue weighted by atomic mass is 10.3. The predicted molar refractivity (Wildman–Crippen MR) is 108 cm³/mol. The Hall–Kier alpha value is -0.940. The zero-order valence-corrected chi connectivity index (χ0v) is 18.0. The van der Waals surface area contributed by atoms with Crippen LogP contribution in [-0.2, 0) is 21.2 Å². The van der Waals surface area contributed by atoms with E-state index < -0.39 is 16.1 Å². The molecule has 0 saturated carbocycles. The van der Waals surface area contributed by atoms with Gasteiger partial charge in [-0.3, -0.25) is 4.79 Å². The number of aryl methyl sites for hydroxylation is 1. The summed E-state index contributed by atoms with van der Waals surface area (Å²) in [4.78, 5) is 17.1. The van der Waals surface area contributed by atoms with Gasteiger partial charge in [-0.25, -0.2) is 13.4 Å². The average molecular weight is 476 g/mol. The number of nitrogens with one attached hydrogen (secondary N) is 1. The second-order valence-corrected chi connectivity index (χ2v) is 10.6. The molecule has 2 aromatic rings. The summed E-state index contributed by atoms with van der Waals surface area (Å²) in [6.45, 7) is 2.38. The Labute approximate surface area is 169 Å². The van der Waals surface area contributed by atoms with E-state index in [4.69, 9.17) is 0 Å². The van der Waals surface area contributed by atoms with E-state index in [2.05, 4.69) is 26.2 Å². The van der Waals surface area contributed by atoms with Crippen molar-refractivity contribution in [3.63, 3.8) is 0 Å². The lowest BCUT2D eigenvalue weighted by Crippen LogP contribution is -2.47. The average Bonchev–Trinajstić information content (AvgIpc) is 3.24. The minimum atomic E-state index is -3.70. The number of hydrogen-bond acceptors (Lipinski definition) is 6. The highest BCUT2D eigenvalue weighted by Gasteiger charge is 2.39. The van der Waals surface area contributed by atoms with Gasteiger partial charge in [-0.1, -0.05) is 15.9 Å². The van der Waals surface area contributed by atoms with Gasteiger partial charge in [0, 0.05) is 28.6 Å². The number of benzene rings is 1. The van der Waals surface area contributed by atoms with Crippen molar-refractivity contribution in [1.29, 1.82) is 0 Å². The van der Waals surface area contributed by atoms with E-state index >= 15 is 0 Å². The van der Waals surface area contributed by atoms with Crippen LogP contribution in [0.25, 0.3) is 0 Å². The van der Waals surface area contributed by atoms with E-state index in [0.29, 0.717) is 18.7 Å². The summed E-state index contributed by atoms with van der Waals surface area (Å²) in [7, 11) is -3.70. The molecule has 1 aromatic carbocycles. The molecule has 10 heteroatoms. The highest BCUT2D eigenvalue weighted by molar-refractivity contribution is 9.10. The van der Waals surface area contributed by atoms with Gasteiger partial charge in [-0.05, 0) is 31.2 Å². The van der Waals surface area contributed by atoms with Crippen molar-refractivity contribution in [3.8, 4) is 0 Å². The first-order chi connectivity index (χ1) is 12.4. The molecule has 2 heterocycles. The van der Waals surface area contributed by atoms with Gasteiger partial charge in [-0.15, -0.1) is 23.1 Å². The van der Waals surface area contributed by atoms with Crippen LogP contribution in [0.3, 0.4) is 0 Å². The van der Waals surface area contributed by atoms with Crippen LogP contribution in [0.15, 0.2) is 39.0 Å². The van der Waals surface area contributed by atoms with Crippen LogP contribution in [0.5, 0.6) is 0 Å². The molecule has 6 nitrogen and oxygen atoms in total. The van der Waals surface area contributed by atoms with E-state index in [0.717, 1.165) is 15.2 Å². The number of hydrogen-bond donors (Lipinski definition) is 1. The second kappa shape index (κ2) is 8.39. The van der Waals surface area contributed by atoms with Crippen molar-refractivity contribution < 1.29 is 13.2 Å². The highest BCUT2D eigenvalue weighted by atomic mass is 79.9. The quantitative estimate of drug-likeness (QED) is 0.694. The molecule has 0 aliphatic carbocycles. The number of carbonyl (C=O) groups is 1. The summed E-state index contributed by atoms with van der Waals surface area (Å²) in [6, 6.07) is 5.76. The summed E-state index contributed by atoms with van der Waals surface area (Å²) < 4.78 is 27.8. The molecule has 1 saturated heterocycles. The molecule has 3 rings (SSSR count). The number of aromatic nitrogens is 1. The fourth-order valence-corrected chi connectivity index (χ4v) is 6.63. The Morgan fingerprint density at radius 3 is 2.77 bits per heavy atom. The van der Waals surface area contributed by atoms with Crippen molar-refractivity contribution in [2.75, 3.05) is 18.2 Å². The number of thiazole rings is 1. The summed E-state index contributed by atoms with van der Waals surface area (Å²) in [6.07, 6.45) is 0.634. The van der Waals surface area contributed by atoms with Crippen molar-refractivity contribution in [1.82, 2.24) is 14.6 Å². The molecular formula is C16H18BrN3O3S3. The monoisotopic (exact) mass is 475 g/mol. The van der Waals surface area contributed by atoms with Crippen LogP contribution in [0.4, 0.5) is 0 Å². The number of nitrogens with zero attached hydrogens (tertiary/aromatic N) is 2. The summed E-state index contributed by atoms with van der Waals surface area (Å²) in [5, 5.41) is 5.80. The van der Waals surface area contributed by atoms with E-state index in [9.17, 15) is 13.2 Å². The molecule has 140 valence electrons. The molecule has 0 spiro atoms. The maximum Gasteiger partial charge on any atom is 0.244 e. The van der Waals surface area contributed by atoms with Crippen molar-refractivity contribution in [3.05, 3.63) is 44.8 Å². The number of rotatable bonds is 6. The molecule has 1 aromatic heterocycles. The normalized spacial score (nSPS) is 18.2. The summed E-state index contributed by atoms with van der Waals surface area (Å²) >= 11 is 6.31. The summed E-state index contributed by atoms with van der Waals surface area (Å²) in [5.74, 6) is 0.474. The molecule has 1 aliphatic rings. The third-order valence-electron chi connectivity index (χ3n) is 3.91. The molecule has 0 bridgehead atoms. The van der Waals surface area contributed by atoms with Gasteiger partial charge < -0.3 is 5.32 Å². The molecule has 1 atom stereocenters. The Morgan fingerprint density at radius 1 is 1.38 bits per heavy atom. The van der Waals surface area contributed by atoms with Crippen LogP contribution >= 0.6 is 39.0 Å². The Kier molecular flexibility index (Phi) is 6.39. The Bertz CT molecular complexity index is 884. The van der Waals surface area contributed by atoms with Crippen molar-refractivity contribution in [2.45, 2.75) is 24.3 Å². The largest absolute Gasteiger partial charge is 0.354 e. The van der Waals surface area contributed by atoms with Gasteiger partial charge in [-0.2, -0.15) is 4.31 Å². The Balaban J connectivity index is 1.65. The predicted octanol–water partition coefficient (Wildman–Crippen LogP) is 2.64. The van der Waals surface area contributed by atoms with Crippen LogP contribution in [0.2, 0.25) is 0 Å².